The molecule has 4 nitrogen and oxygen atoms in total. The SMILES string of the molecule is N[C@H](C(=O)NCC1CCC(O)CC1)c1ccccc1. The normalized spacial score (nSPS) is 24.7. The van der Waals surface area contributed by atoms with Gasteiger partial charge in [-0.25, -0.2) is 0 Å². The number of carbonyl (C=O) groups excluding carboxylic acids is 1. The molecule has 1 aromatic carbocycles. The van der Waals surface area contributed by atoms with Gasteiger partial charge in [-0.05, 0) is 37.2 Å². The number of nitrogens with two attached hydrogens (primary N) is 1. The van der Waals surface area contributed by atoms with Crippen molar-refractivity contribution in [2.75, 3.05) is 6.54 Å². The molecule has 1 aromatic rings. The van der Waals surface area contributed by atoms with E-state index in [1.807, 2.05) is 30.3 Å². The molecule has 1 fully saturated rings. The molecule has 0 saturated heterocycles. The van der Waals surface area contributed by atoms with Gasteiger partial charge < -0.3 is 16.2 Å². The highest BCUT2D eigenvalue weighted by molar-refractivity contribution is 5.82. The molecular weight excluding hydrogens is 240 g/mol. The van der Waals surface area contributed by atoms with E-state index < -0.39 is 6.04 Å². The maximum atomic E-state index is 12.0. The molecule has 1 saturated carbocycles. The minimum atomic E-state index is -0.601. The van der Waals surface area contributed by atoms with Crippen molar-refractivity contribution in [3.63, 3.8) is 0 Å². The molecule has 1 aliphatic rings. The first kappa shape index (κ1) is 14.0. The summed E-state index contributed by atoms with van der Waals surface area (Å²) in [5, 5.41) is 12.4. The molecule has 0 heterocycles. The Morgan fingerprint density at radius 1 is 1.26 bits per heavy atom. The van der Waals surface area contributed by atoms with Crippen LogP contribution in [-0.2, 0) is 4.79 Å². The first-order valence-corrected chi connectivity index (χ1v) is 6.93. The van der Waals surface area contributed by atoms with Crippen LogP contribution in [0.4, 0.5) is 0 Å². The monoisotopic (exact) mass is 262 g/mol. The molecule has 1 amide bonds. The summed E-state index contributed by atoms with van der Waals surface area (Å²) in [6, 6.07) is 8.79. The van der Waals surface area contributed by atoms with Crippen LogP contribution in [0.5, 0.6) is 0 Å². The lowest BCUT2D eigenvalue weighted by Crippen LogP contribution is -2.38. The van der Waals surface area contributed by atoms with Crippen LogP contribution in [0, 0.1) is 5.92 Å². The van der Waals surface area contributed by atoms with Crippen LogP contribution in [0.15, 0.2) is 30.3 Å². The topological polar surface area (TPSA) is 75.4 Å². The molecule has 4 N–H and O–H groups in total. The third-order valence-electron chi connectivity index (χ3n) is 3.82. The number of amides is 1. The largest absolute Gasteiger partial charge is 0.393 e. The molecule has 104 valence electrons. The summed E-state index contributed by atoms with van der Waals surface area (Å²) in [6.45, 7) is 0.659. The van der Waals surface area contributed by atoms with Crippen LogP contribution in [0.2, 0.25) is 0 Å². The van der Waals surface area contributed by atoms with Crippen molar-refractivity contribution in [3.05, 3.63) is 35.9 Å². The number of carbonyl (C=O) groups is 1. The van der Waals surface area contributed by atoms with E-state index in [0.717, 1.165) is 31.2 Å². The summed E-state index contributed by atoms with van der Waals surface area (Å²) in [6.07, 6.45) is 3.47. The van der Waals surface area contributed by atoms with Gasteiger partial charge in [0, 0.05) is 6.54 Å². The zero-order valence-electron chi connectivity index (χ0n) is 11.1. The minimum absolute atomic E-state index is 0.127. The lowest BCUT2D eigenvalue weighted by Gasteiger charge is -2.26. The summed E-state index contributed by atoms with van der Waals surface area (Å²) in [4.78, 5) is 12.0. The van der Waals surface area contributed by atoms with Gasteiger partial charge >= 0.3 is 0 Å². The fourth-order valence-electron chi connectivity index (χ4n) is 2.52. The fourth-order valence-corrected chi connectivity index (χ4v) is 2.52. The standard InChI is InChI=1S/C15H22N2O2/c16-14(12-4-2-1-3-5-12)15(19)17-10-11-6-8-13(18)9-7-11/h1-5,11,13-14,18H,6-10,16H2,(H,17,19)/t11?,13?,14-/m0/s1. The third kappa shape index (κ3) is 4.04. The van der Waals surface area contributed by atoms with E-state index in [1.54, 1.807) is 0 Å². The Labute approximate surface area is 114 Å². The number of benzene rings is 1. The van der Waals surface area contributed by atoms with Gasteiger partial charge in [-0.1, -0.05) is 30.3 Å². The predicted molar refractivity (Wildman–Crippen MR) is 74.3 cm³/mol. The first-order chi connectivity index (χ1) is 9.16. The highest BCUT2D eigenvalue weighted by Gasteiger charge is 2.21. The van der Waals surface area contributed by atoms with Crippen LogP contribution in [0.3, 0.4) is 0 Å². The van der Waals surface area contributed by atoms with E-state index in [4.69, 9.17) is 5.73 Å². The molecule has 0 radical (unpaired) electrons. The van der Waals surface area contributed by atoms with Crippen molar-refractivity contribution in [2.24, 2.45) is 11.7 Å². The molecule has 1 aliphatic carbocycles. The quantitative estimate of drug-likeness (QED) is 0.766. The van der Waals surface area contributed by atoms with Crippen LogP contribution in [0.25, 0.3) is 0 Å². The molecule has 0 aromatic heterocycles. The second-order valence-corrected chi connectivity index (χ2v) is 5.31. The second kappa shape index (κ2) is 6.68. The van der Waals surface area contributed by atoms with E-state index in [1.165, 1.54) is 0 Å². The average Bonchev–Trinajstić information content (AvgIpc) is 2.46. The number of hydrogen-bond acceptors (Lipinski definition) is 3. The van der Waals surface area contributed by atoms with E-state index >= 15 is 0 Å². The number of rotatable bonds is 4. The van der Waals surface area contributed by atoms with Crippen molar-refractivity contribution in [1.29, 1.82) is 0 Å². The molecule has 0 unspecified atom stereocenters. The van der Waals surface area contributed by atoms with Gasteiger partial charge in [0.15, 0.2) is 0 Å². The molecule has 1 atom stereocenters. The van der Waals surface area contributed by atoms with Crippen molar-refractivity contribution in [2.45, 2.75) is 37.8 Å². The fraction of sp³-hybridized carbons (Fsp3) is 0.533. The smallest absolute Gasteiger partial charge is 0.241 e. The molecule has 0 bridgehead atoms. The van der Waals surface area contributed by atoms with E-state index in [9.17, 15) is 9.90 Å². The summed E-state index contributed by atoms with van der Waals surface area (Å²) in [7, 11) is 0. The van der Waals surface area contributed by atoms with E-state index in [-0.39, 0.29) is 12.0 Å². The van der Waals surface area contributed by atoms with Gasteiger partial charge in [-0.3, -0.25) is 4.79 Å². The minimum Gasteiger partial charge on any atom is -0.393 e. The summed E-state index contributed by atoms with van der Waals surface area (Å²) in [5.74, 6) is 0.340. The maximum Gasteiger partial charge on any atom is 0.241 e. The van der Waals surface area contributed by atoms with E-state index in [2.05, 4.69) is 5.32 Å². The van der Waals surface area contributed by atoms with Gasteiger partial charge in [0.1, 0.15) is 6.04 Å². The lowest BCUT2D eigenvalue weighted by molar-refractivity contribution is -0.122. The molecule has 0 spiro atoms. The van der Waals surface area contributed by atoms with Crippen LogP contribution in [-0.4, -0.2) is 23.7 Å². The first-order valence-electron chi connectivity index (χ1n) is 6.93. The Kier molecular flexibility index (Phi) is 4.93. The maximum absolute atomic E-state index is 12.0. The molecule has 4 heteroatoms. The molecular formula is C15H22N2O2. The second-order valence-electron chi connectivity index (χ2n) is 5.31. The van der Waals surface area contributed by atoms with Gasteiger partial charge in [-0.2, -0.15) is 0 Å². The number of hydrogen-bond donors (Lipinski definition) is 3. The summed E-state index contributed by atoms with van der Waals surface area (Å²) in [5.41, 5.74) is 6.76. The number of aliphatic hydroxyl groups is 1. The molecule has 2 rings (SSSR count). The van der Waals surface area contributed by atoms with Crippen LogP contribution in [0.1, 0.15) is 37.3 Å². The Morgan fingerprint density at radius 2 is 1.89 bits per heavy atom. The zero-order valence-corrected chi connectivity index (χ0v) is 11.1. The lowest BCUT2D eigenvalue weighted by atomic mass is 9.87. The number of aliphatic hydroxyl groups excluding tert-OH is 1. The Hall–Kier alpha value is -1.39. The van der Waals surface area contributed by atoms with E-state index in [0.29, 0.717) is 12.5 Å². The van der Waals surface area contributed by atoms with Gasteiger partial charge in [-0.15, -0.1) is 0 Å². The Morgan fingerprint density at radius 3 is 2.53 bits per heavy atom. The highest BCUT2D eigenvalue weighted by Crippen LogP contribution is 2.23. The van der Waals surface area contributed by atoms with Crippen LogP contribution < -0.4 is 11.1 Å². The van der Waals surface area contributed by atoms with Crippen LogP contribution >= 0.6 is 0 Å². The van der Waals surface area contributed by atoms with Crippen molar-refractivity contribution in [1.82, 2.24) is 5.32 Å². The van der Waals surface area contributed by atoms with Crippen molar-refractivity contribution in [3.8, 4) is 0 Å². The Balaban J connectivity index is 1.78. The number of nitrogens with one attached hydrogen (secondary N) is 1. The molecule has 19 heavy (non-hydrogen) atoms. The van der Waals surface area contributed by atoms with Crippen molar-refractivity contribution < 1.29 is 9.90 Å². The average molecular weight is 262 g/mol. The summed E-state index contributed by atoms with van der Waals surface area (Å²) < 4.78 is 0. The van der Waals surface area contributed by atoms with Crippen molar-refractivity contribution >= 4 is 5.91 Å². The zero-order chi connectivity index (χ0) is 13.7. The summed E-state index contributed by atoms with van der Waals surface area (Å²) >= 11 is 0. The predicted octanol–water partition coefficient (Wildman–Crippen LogP) is 1.35. The van der Waals surface area contributed by atoms with Gasteiger partial charge in [0.25, 0.3) is 0 Å². The highest BCUT2D eigenvalue weighted by atomic mass is 16.3. The van der Waals surface area contributed by atoms with Gasteiger partial charge in [0.2, 0.25) is 5.91 Å². The van der Waals surface area contributed by atoms with Gasteiger partial charge in [0.05, 0.1) is 6.10 Å². The third-order valence-corrected chi connectivity index (χ3v) is 3.82. The Bertz CT molecular complexity index is 400. The molecule has 0 aliphatic heterocycles.